The van der Waals surface area contributed by atoms with Gasteiger partial charge < -0.3 is 19.7 Å². The fourth-order valence-electron chi connectivity index (χ4n) is 5.11. The van der Waals surface area contributed by atoms with Gasteiger partial charge in [-0.15, -0.1) is 0 Å². The predicted octanol–water partition coefficient (Wildman–Crippen LogP) is 9.46. The van der Waals surface area contributed by atoms with Gasteiger partial charge in [-0.3, -0.25) is 4.55 Å². The number of unbranched alkanes of at least 4 members (excludes halogenated alkanes) is 6. The topological polar surface area (TPSA) is 113 Å². The zero-order valence-electron chi connectivity index (χ0n) is 26.5. The first-order valence-electron chi connectivity index (χ1n) is 16.0. The number of hydrogen-bond acceptors (Lipinski definition) is 7. The van der Waals surface area contributed by atoms with Crippen LogP contribution in [0.15, 0.2) is 99.6 Å². The van der Waals surface area contributed by atoms with E-state index in [0.717, 1.165) is 36.3 Å². The molecule has 46 heavy (non-hydrogen) atoms. The van der Waals surface area contributed by atoms with E-state index in [0.29, 0.717) is 40.5 Å². The Kier molecular flexibility index (Phi) is 13.4. The van der Waals surface area contributed by atoms with Gasteiger partial charge in [0.25, 0.3) is 10.1 Å². The van der Waals surface area contributed by atoms with Crippen molar-refractivity contribution < 1.29 is 32.7 Å². The van der Waals surface area contributed by atoms with E-state index in [1.165, 1.54) is 49.6 Å². The summed E-state index contributed by atoms with van der Waals surface area (Å²) >= 11 is 1.21. The molecule has 3 N–H and O–H groups in total. The van der Waals surface area contributed by atoms with Crippen molar-refractivity contribution in [3.8, 4) is 28.4 Å². The number of hydrogen-bond donors (Lipinski definition) is 3. The number of ether oxygens (including phenoxy) is 2. The second-order valence-corrected chi connectivity index (χ2v) is 13.7. The molecule has 0 radical (unpaired) electrons. The third kappa shape index (κ3) is 10.00. The molecule has 246 valence electrons. The maximum absolute atomic E-state index is 12.6. The summed E-state index contributed by atoms with van der Waals surface area (Å²) < 4.78 is 46.9. The number of aliphatic hydroxyl groups is 1. The highest BCUT2D eigenvalue weighted by Crippen LogP contribution is 2.40. The van der Waals surface area contributed by atoms with E-state index in [9.17, 15) is 23.2 Å². The van der Waals surface area contributed by atoms with E-state index in [1.807, 2.05) is 24.3 Å². The fraction of sp³-hybridized carbons (Fsp3) is 0.351. The van der Waals surface area contributed by atoms with E-state index in [-0.39, 0.29) is 16.2 Å². The van der Waals surface area contributed by atoms with Crippen molar-refractivity contribution in [1.82, 2.24) is 0 Å². The average Bonchev–Trinajstić information content (AvgIpc) is 3.05. The van der Waals surface area contributed by atoms with Crippen LogP contribution in [-0.4, -0.2) is 36.4 Å². The van der Waals surface area contributed by atoms with E-state index in [4.69, 9.17) is 9.47 Å². The first-order valence-corrected chi connectivity index (χ1v) is 18.2. The van der Waals surface area contributed by atoms with Gasteiger partial charge in [0.2, 0.25) is 0 Å². The molecule has 1 atom stereocenters. The van der Waals surface area contributed by atoms with Gasteiger partial charge in [-0.2, -0.15) is 8.42 Å². The van der Waals surface area contributed by atoms with E-state index < -0.39 is 16.2 Å². The van der Waals surface area contributed by atoms with Crippen molar-refractivity contribution in [2.24, 2.45) is 0 Å². The monoisotopic (exact) mass is 664 g/mol. The third-order valence-corrected chi connectivity index (χ3v) is 9.77. The van der Waals surface area contributed by atoms with Crippen LogP contribution in [0.4, 0.5) is 0 Å². The number of rotatable bonds is 18. The van der Waals surface area contributed by atoms with Crippen LogP contribution in [0.2, 0.25) is 0 Å². The molecule has 0 saturated carbocycles. The summed E-state index contributed by atoms with van der Waals surface area (Å²) in [5.74, 6) is 1.20. The van der Waals surface area contributed by atoms with Crippen LogP contribution in [0.25, 0.3) is 11.1 Å². The van der Waals surface area contributed by atoms with Gasteiger partial charge in [0, 0.05) is 15.4 Å². The summed E-state index contributed by atoms with van der Waals surface area (Å²) in [6.45, 7) is 5.46. The summed E-state index contributed by atoms with van der Waals surface area (Å²) in [4.78, 5) is 0.901. The highest BCUT2D eigenvalue weighted by Gasteiger charge is 2.22. The Hall–Kier alpha value is -3.50. The van der Waals surface area contributed by atoms with E-state index >= 15 is 0 Å². The summed E-state index contributed by atoms with van der Waals surface area (Å²) in [5.41, 5.74) is 1.78. The maximum atomic E-state index is 12.6. The normalized spacial score (nSPS) is 12.2. The lowest BCUT2D eigenvalue weighted by Gasteiger charge is -2.19. The molecule has 0 spiro atoms. The average molecular weight is 665 g/mol. The molecule has 0 saturated heterocycles. The van der Waals surface area contributed by atoms with Crippen LogP contribution >= 0.6 is 11.8 Å². The van der Waals surface area contributed by atoms with Crippen LogP contribution in [0.5, 0.6) is 17.2 Å². The molecule has 0 aromatic heterocycles. The number of phenols is 1. The lowest BCUT2D eigenvalue weighted by Crippen LogP contribution is -2.05. The first-order chi connectivity index (χ1) is 22.2. The van der Waals surface area contributed by atoms with E-state index in [1.54, 1.807) is 48.5 Å². The van der Waals surface area contributed by atoms with Gasteiger partial charge in [0.1, 0.15) is 28.2 Å². The Morgan fingerprint density at radius 2 is 1.37 bits per heavy atom. The summed E-state index contributed by atoms with van der Waals surface area (Å²) in [7, 11) is -4.59. The Morgan fingerprint density at radius 3 is 2.11 bits per heavy atom. The lowest BCUT2D eigenvalue weighted by atomic mass is 9.92. The van der Waals surface area contributed by atoms with Gasteiger partial charge in [0.15, 0.2) is 0 Å². The quantitative estimate of drug-likeness (QED) is 0.0712. The second kappa shape index (κ2) is 17.4. The molecule has 0 aliphatic carbocycles. The number of aliphatic hydroxyl groups excluding tert-OH is 1. The molecule has 4 aromatic carbocycles. The van der Waals surface area contributed by atoms with Crippen molar-refractivity contribution in [2.75, 3.05) is 13.2 Å². The molecule has 0 aliphatic rings. The molecule has 0 fully saturated rings. The highest BCUT2D eigenvalue weighted by molar-refractivity contribution is 8.00. The second-order valence-electron chi connectivity index (χ2n) is 11.2. The molecule has 0 amide bonds. The van der Waals surface area contributed by atoms with Gasteiger partial charge in [0.05, 0.1) is 13.2 Å². The van der Waals surface area contributed by atoms with Gasteiger partial charge in [-0.25, -0.2) is 0 Å². The largest absolute Gasteiger partial charge is 0.508 e. The van der Waals surface area contributed by atoms with Gasteiger partial charge in [-0.05, 0) is 84.1 Å². The SMILES string of the molecule is CCCCCCCCOc1ccc(O)c(C(O)c2ccccc2-c2ccc(Sc3ccc(OCCCC)cc3)c(S(=O)(=O)O)c2)c1. The van der Waals surface area contributed by atoms with E-state index in [2.05, 4.69) is 13.8 Å². The Labute approximate surface area is 277 Å². The summed E-state index contributed by atoms with van der Waals surface area (Å²) in [6.07, 6.45) is 7.63. The Bertz CT molecular complexity index is 1650. The molecule has 9 heteroatoms. The molecule has 1 unspecified atom stereocenters. The van der Waals surface area contributed by atoms with Crippen LogP contribution in [-0.2, 0) is 10.1 Å². The zero-order valence-corrected chi connectivity index (χ0v) is 28.2. The van der Waals surface area contributed by atoms with Gasteiger partial charge >= 0.3 is 0 Å². The Morgan fingerprint density at radius 1 is 0.717 bits per heavy atom. The molecule has 0 heterocycles. The number of aromatic hydroxyl groups is 1. The van der Waals surface area contributed by atoms with Crippen LogP contribution in [0, 0.1) is 0 Å². The maximum Gasteiger partial charge on any atom is 0.295 e. The van der Waals surface area contributed by atoms with Crippen molar-refractivity contribution in [1.29, 1.82) is 0 Å². The predicted molar refractivity (Wildman–Crippen MR) is 184 cm³/mol. The molecular formula is C37H44O7S2. The summed E-state index contributed by atoms with van der Waals surface area (Å²) in [6, 6.07) is 24.0. The van der Waals surface area contributed by atoms with Crippen molar-refractivity contribution >= 4 is 21.9 Å². The smallest absolute Gasteiger partial charge is 0.295 e. The third-order valence-electron chi connectivity index (χ3n) is 7.67. The number of benzene rings is 4. The minimum atomic E-state index is -4.59. The van der Waals surface area contributed by atoms with Crippen LogP contribution in [0.1, 0.15) is 82.4 Å². The lowest BCUT2D eigenvalue weighted by molar-refractivity contribution is 0.215. The fourth-order valence-corrected chi connectivity index (χ4v) is 6.97. The zero-order chi connectivity index (χ0) is 32.9. The van der Waals surface area contributed by atoms with Gasteiger partial charge in [-0.1, -0.05) is 94.5 Å². The molecule has 0 bridgehead atoms. The molecule has 4 rings (SSSR count). The molecule has 7 nitrogen and oxygen atoms in total. The highest BCUT2D eigenvalue weighted by atomic mass is 32.2. The van der Waals surface area contributed by atoms with Crippen molar-refractivity contribution in [3.63, 3.8) is 0 Å². The minimum Gasteiger partial charge on any atom is -0.508 e. The number of phenolic OH excluding ortho intramolecular Hbond substituents is 1. The molecule has 0 aliphatic heterocycles. The Balaban J connectivity index is 1.55. The first kappa shape index (κ1) is 35.4. The minimum absolute atomic E-state index is 0.0821. The van der Waals surface area contributed by atoms with Crippen LogP contribution in [0.3, 0.4) is 0 Å². The standard InChI is InChI=1S/C37H44O7S2/c1-3-5-7-8-9-12-24-44-29-18-21-34(38)33(26-29)37(39)32-14-11-10-13-31(32)27-15-22-35(36(25-27)46(40,41)42)45-30-19-16-28(17-20-30)43-23-6-4-2/h10-11,13-22,25-26,37-39H,3-9,12,23-24H2,1-2H3,(H,40,41,42). The summed E-state index contributed by atoms with van der Waals surface area (Å²) in [5, 5.41) is 22.2. The molecular weight excluding hydrogens is 621 g/mol. The molecule has 4 aromatic rings. The van der Waals surface area contributed by atoms with Crippen molar-refractivity contribution in [2.45, 2.75) is 86.0 Å². The van der Waals surface area contributed by atoms with Crippen molar-refractivity contribution in [3.05, 3.63) is 96.1 Å². The van der Waals surface area contributed by atoms with Crippen LogP contribution < -0.4 is 9.47 Å².